The second-order valence-electron chi connectivity index (χ2n) is 5.76. The van der Waals surface area contributed by atoms with E-state index in [0.717, 1.165) is 17.8 Å². The number of nitrogens with zero attached hydrogens (tertiary/aromatic N) is 1. The SMILES string of the molecule is CC(NCC(C1CC1)C1CC1)c1cccnc1. The lowest BCUT2D eigenvalue weighted by Crippen LogP contribution is -2.28. The fourth-order valence-electron chi connectivity index (χ4n) is 2.83. The highest BCUT2D eigenvalue weighted by Gasteiger charge is 2.40. The molecule has 2 fully saturated rings. The molecule has 2 aliphatic rings. The third-order valence-corrected chi connectivity index (χ3v) is 4.30. The molecule has 2 nitrogen and oxygen atoms in total. The second-order valence-corrected chi connectivity index (χ2v) is 5.76. The smallest absolute Gasteiger partial charge is 0.0315 e. The van der Waals surface area contributed by atoms with Gasteiger partial charge in [-0.2, -0.15) is 0 Å². The van der Waals surface area contributed by atoms with Crippen LogP contribution in [0.15, 0.2) is 24.5 Å². The van der Waals surface area contributed by atoms with Crippen LogP contribution in [0, 0.1) is 17.8 Å². The molecule has 92 valence electrons. The zero-order chi connectivity index (χ0) is 11.7. The summed E-state index contributed by atoms with van der Waals surface area (Å²) in [7, 11) is 0. The van der Waals surface area contributed by atoms with Gasteiger partial charge in [-0.15, -0.1) is 0 Å². The van der Waals surface area contributed by atoms with Crippen molar-refractivity contribution < 1.29 is 0 Å². The number of pyridine rings is 1. The van der Waals surface area contributed by atoms with E-state index in [-0.39, 0.29) is 0 Å². The third-order valence-electron chi connectivity index (χ3n) is 4.30. The second kappa shape index (κ2) is 4.77. The van der Waals surface area contributed by atoms with Crippen molar-refractivity contribution in [2.24, 2.45) is 17.8 Å². The van der Waals surface area contributed by atoms with Gasteiger partial charge in [0, 0.05) is 18.4 Å². The summed E-state index contributed by atoms with van der Waals surface area (Å²) in [5, 5.41) is 3.70. The van der Waals surface area contributed by atoms with Gasteiger partial charge >= 0.3 is 0 Å². The number of nitrogens with one attached hydrogen (secondary N) is 1. The summed E-state index contributed by atoms with van der Waals surface area (Å²) in [5.74, 6) is 3.03. The van der Waals surface area contributed by atoms with Gasteiger partial charge in [-0.05, 0) is 68.5 Å². The van der Waals surface area contributed by atoms with Crippen LogP contribution in [0.2, 0.25) is 0 Å². The van der Waals surface area contributed by atoms with E-state index in [1.54, 1.807) is 0 Å². The molecule has 1 unspecified atom stereocenters. The lowest BCUT2D eigenvalue weighted by Gasteiger charge is -2.20. The fourth-order valence-corrected chi connectivity index (χ4v) is 2.83. The molecule has 1 N–H and O–H groups in total. The topological polar surface area (TPSA) is 24.9 Å². The lowest BCUT2D eigenvalue weighted by molar-refractivity contribution is 0.362. The summed E-state index contributed by atoms with van der Waals surface area (Å²) < 4.78 is 0. The monoisotopic (exact) mass is 230 g/mol. The Morgan fingerprint density at radius 1 is 1.29 bits per heavy atom. The maximum Gasteiger partial charge on any atom is 0.0315 e. The van der Waals surface area contributed by atoms with Gasteiger partial charge in [0.25, 0.3) is 0 Å². The molecule has 1 heterocycles. The maximum absolute atomic E-state index is 4.19. The average molecular weight is 230 g/mol. The molecule has 0 bridgehead atoms. The molecule has 1 atom stereocenters. The van der Waals surface area contributed by atoms with E-state index in [2.05, 4.69) is 23.3 Å². The van der Waals surface area contributed by atoms with Crippen molar-refractivity contribution in [2.75, 3.05) is 6.54 Å². The summed E-state index contributed by atoms with van der Waals surface area (Å²) >= 11 is 0. The summed E-state index contributed by atoms with van der Waals surface area (Å²) in [4.78, 5) is 4.19. The highest BCUT2D eigenvalue weighted by molar-refractivity contribution is 5.12. The first-order chi connectivity index (χ1) is 8.34. The minimum Gasteiger partial charge on any atom is -0.310 e. The standard InChI is InChI=1S/C15H22N2/c1-11(14-3-2-8-16-9-14)17-10-15(12-4-5-12)13-6-7-13/h2-3,8-9,11-13,15,17H,4-7,10H2,1H3. The highest BCUT2D eigenvalue weighted by Crippen LogP contribution is 2.48. The minimum absolute atomic E-state index is 0.434. The third kappa shape index (κ3) is 2.86. The van der Waals surface area contributed by atoms with Crippen LogP contribution in [0.25, 0.3) is 0 Å². The van der Waals surface area contributed by atoms with Crippen molar-refractivity contribution >= 4 is 0 Å². The molecule has 0 saturated heterocycles. The van der Waals surface area contributed by atoms with Crippen molar-refractivity contribution in [3.8, 4) is 0 Å². The Balaban J connectivity index is 1.52. The number of aromatic nitrogens is 1. The quantitative estimate of drug-likeness (QED) is 0.812. The van der Waals surface area contributed by atoms with Gasteiger partial charge in [0.15, 0.2) is 0 Å². The molecule has 0 aliphatic heterocycles. The molecule has 1 aromatic rings. The Hall–Kier alpha value is -0.890. The molecule has 0 radical (unpaired) electrons. The number of rotatable bonds is 6. The molecule has 17 heavy (non-hydrogen) atoms. The Bertz CT molecular complexity index is 342. The van der Waals surface area contributed by atoms with Gasteiger partial charge in [0.2, 0.25) is 0 Å². The van der Waals surface area contributed by atoms with Gasteiger partial charge in [-0.1, -0.05) is 6.07 Å². The van der Waals surface area contributed by atoms with Crippen molar-refractivity contribution in [3.05, 3.63) is 30.1 Å². The van der Waals surface area contributed by atoms with Crippen LogP contribution in [0.5, 0.6) is 0 Å². The normalized spacial score (nSPS) is 21.8. The maximum atomic E-state index is 4.19. The van der Waals surface area contributed by atoms with Crippen LogP contribution in [0.3, 0.4) is 0 Å². The Labute approximate surface area is 104 Å². The number of hydrogen-bond donors (Lipinski definition) is 1. The van der Waals surface area contributed by atoms with Crippen molar-refractivity contribution in [3.63, 3.8) is 0 Å². The lowest BCUT2D eigenvalue weighted by atomic mass is 9.97. The fraction of sp³-hybridized carbons (Fsp3) is 0.667. The summed E-state index contributed by atoms with van der Waals surface area (Å²) in [5.41, 5.74) is 1.30. The minimum atomic E-state index is 0.434. The zero-order valence-corrected chi connectivity index (χ0v) is 10.6. The summed E-state index contributed by atoms with van der Waals surface area (Å²) in [6.07, 6.45) is 9.72. The predicted octanol–water partition coefficient (Wildman–Crippen LogP) is 3.17. The van der Waals surface area contributed by atoms with E-state index < -0.39 is 0 Å². The van der Waals surface area contributed by atoms with Crippen molar-refractivity contribution in [2.45, 2.75) is 38.6 Å². The van der Waals surface area contributed by atoms with E-state index in [1.165, 1.54) is 37.8 Å². The first-order valence-corrected chi connectivity index (χ1v) is 6.98. The summed E-state index contributed by atoms with van der Waals surface area (Å²) in [6.45, 7) is 3.44. The molecule has 0 aromatic carbocycles. The first-order valence-electron chi connectivity index (χ1n) is 6.98. The summed E-state index contributed by atoms with van der Waals surface area (Å²) in [6, 6.07) is 4.62. The van der Waals surface area contributed by atoms with Crippen LogP contribution in [-0.4, -0.2) is 11.5 Å². The molecule has 0 spiro atoms. The van der Waals surface area contributed by atoms with Gasteiger partial charge in [0.1, 0.15) is 0 Å². The van der Waals surface area contributed by atoms with Crippen molar-refractivity contribution in [1.29, 1.82) is 0 Å². The molecule has 1 aromatic heterocycles. The molecule has 0 amide bonds. The van der Waals surface area contributed by atoms with E-state index in [4.69, 9.17) is 0 Å². The molecule has 2 heteroatoms. The molecular formula is C15H22N2. The molecule has 2 aliphatic carbocycles. The Kier molecular flexibility index (Phi) is 3.15. The van der Waals surface area contributed by atoms with Crippen LogP contribution in [0.4, 0.5) is 0 Å². The van der Waals surface area contributed by atoms with E-state index in [1.807, 2.05) is 18.5 Å². The van der Waals surface area contributed by atoms with Gasteiger partial charge in [-0.25, -0.2) is 0 Å². The molecular weight excluding hydrogens is 208 g/mol. The van der Waals surface area contributed by atoms with Crippen LogP contribution < -0.4 is 5.32 Å². The van der Waals surface area contributed by atoms with E-state index >= 15 is 0 Å². The molecule has 3 rings (SSSR count). The first kappa shape index (κ1) is 11.2. The van der Waals surface area contributed by atoms with Crippen LogP contribution >= 0.6 is 0 Å². The zero-order valence-electron chi connectivity index (χ0n) is 10.6. The number of hydrogen-bond acceptors (Lipinski definition) is 2. The van der Waals surface area contributed by atoms with Gasteiger partial charge < -0.3 is 5.32 Å². The van der Waals surface area contributed by atoms with E-state index in [0.29, 0.717) is 6.04 Å². The Morgan fingerprint density at radius 3 is 2.53 bits per heavy atom. The predicted molar refractivity (Wildman–Crippen MR) is 69.6 cm³/mol. The average Bonchev–Trinajstić information content (AvgIpc) is 3.24. The highest BCUT2D eigenvalue weighted by atomic mass is 14.9. The van der Waals surface area contributed by atoms with E-state index in [9.17, 15) is 0 Å². The molecule has 2 saturated carbocycles. The van der Waals surface area contributed by atoms with Crippen molar-refractivity contribution in [1.82, 2.24) is 10.3 Å². The Morgan fingerprint density at radius 2 is 2.00 bits per heavy atom. The largest absolute Gasteiger partial charge is 0.310 e. The van der Waals surface area contributed by atoms with Crippen LogP contribution in [0.1, 0.15) is 44.2 Å². The van der Waals surface area contributed by atoms with Gasteiger partial charge in [0.05, 0.1) is 0 Å². The van der Waals surface area contributed by atoms with Crippen LogP contribution in [-0.2, 0) is 0 Å². The van der Waals surface area contributed by atoms with Gasteiger partial charge in [-0.3, -0.25) is 4.98 Å².